The summed E-state index contributed by atoms with van der Waals surface area (Å²) in [4.78, 5) is 28.5. The Morgan fingerprint density at radius 1 is 1.06 bits per heavy atom. The van der Waals surface area contributed by atoms with Crippen molar-refractivity contribution >= 4 is 27.5 Å². The predicted molar refractivity (Wildman–Crippen MR) is 139 cm³/mol. The molecule has 0 bridgehead atoms. The lowest BCUT2D eigenvalue weighted by Crippen LogP contribution is -2.54. The summed E-state index contributed by atoms with van der Waals surface area (Å²) in [6.45, 7) is 3.21. The summed E-state index contributed by atoms with van der Waals surface area (Å²) in [5.41, 5.74) is 1.77. The maximum Gasteiger partial charge on any atom is 0.244 e. The van der Waals surface area contributed by atoms with Gasteiger partial charge in [-0.1, -0.05) is 56.5 Å². The zero-order valence-corrected chi connectivity index (χ0v) is 22.1. The molecular weight excluding hydrogens is 481 g/mol. The van der Waals surface area contributed by atoms with Gasteiger partial charge in [-0.3, -0.25) is 13.9 Å². The lowest BCUT2D eigenvalue weighted by atomic mass is 9.95. The van der Waals surface area contributed by atoms with E-state index in [1.54, 1.807) is 43.3 Å². The van der Waals surface area contributed by atoms with E-state index in [9.17, 15) is 22.4 Å². The number of rotatable bonds is 10. The number of nitrogens with zero attached hydrogens (tertiary/aromatic N) is 2. The van der Waals surface area contributed by atoms with E-state index in [-0.39, 0.29) is 18.5 Å². The van der Waals surface area contributed by atoms with Crippen LogP contribution in [0.2, 0.25) is 0 Å². The first kappa shape index (κ1) is 27.6. The highest BCUT2D eigenvalue weighted by atomic mass is 32.2. The summed E-state index contributed by atoms with van der Waals surface area (Å²) in [6.07, 6.45) is 6.49. The molecule has 9 heteroatoms. The number of hydrogen-bond acceptors (Lipinski definition) is 4. The van der Waals surface area contributed by atoms with Crippen LogP contribution in [-0.2, 0) is 26.2 Å². The minimum absolute atomic E-state index is 0.0566. The Morgan fingerprint density at radius 2 is 1.69 bits per heavy atom. The predicted octanol–water partition coefficient (Wildman–Crippen LogP) is 4.16. The molecule has 0 spiro atoms. The number of para-hydroxylation sites is 1. The third-order valence-electron chi connectivity index (χ3n) is 6.67. The Bertz CT molecular complexity index is 1150. The van der Waals surface area contributed by atoms with Crippen LogP contribution in [0.3, 0.4) is 0 Å². The highest BCUT2D eigenvalue weighted by Gasteiger charge is 2.33. The van der Waals surface area contributed by atoms with Crippen LogP contribution in [0.4, 0.5) is 10.1 Å². The number of carbonyl (C=O) groups is 2. The molecule has 0 heterocycles. The van der Waals surface area contributed by atoms with Crippen LogP contribution < -0.4 is 9.62 Å². The van der Waals surface area contributed by atoms with Crippen LogP contribution in [0.15, 0.2) is 48.5 Å². The molecule has 7 nitrogen and oxygen atoms in total. The van der Waals surface area contributed by atoms with Gasteiger partial charge < -0.3 is 10.2 Å². The van der Waals surface area contributed by atoms with Crippen molar-refractivity contribution in [2.75, 3.05) is 17.1 Å². The molecule has 0 aliphatic heterocycles. The molecule has 1 aliphatic rings. The summed E-state index contributed by atoms with van der Waals surface area (Å²) in [7, 11) is -3.79. The molecule has 0 unspecified atom stereocenters. The molecule has 1 fully saturated rings. The van der Waals surface area contributed by atoms with Crippen molar-refractivity contribution in [1.82, 2.24) is 10.2 Å². The minimum Gasteiger partial charge on any atom is -0.352 e. The molecule has 1 N–H and O–H groups in total. The van der Waals surface area contributed by atoms with Gasteiger partial charge in [0, 0.05) is 12.6 Å². The summed E-state index contributed by atoms with van der Waals surface area (Å²) in [5.74, 6) is -1.15. The molecule has 2 amide bonds. The van der Waals surface area contributed by atoms with Crippen molar-refractivity contribution in [2.45, 2.75) is 71.0 Å². The highest BCUT2D eigenvalue weighted by Crippen LogP contribution is 2.24. The smallest absolute Gasteiger partial charge is 0.244 e. The Kier molecular flexibility index (Phi) is 9.48. The van der Waals surface area contributed by atoms with Crippen molar-refractivity contribution in [3.05, 3.63) is 65.5 Å². The maximum absolute atomic E-state index is 13.7. The molecule has 0 saturated heterocycles. The summed E-state index contributed by atoms with van der Waals surface area (Å²) >= 11 is 0. The SMILES string of the molecule is CC[C@@H](C(=O)NC1CCCCC1)N(Cc1ccc(F)cc1)C(=O)CN(c1ccccc1C)S(C)(=O)=O. The van der Waals surface area contributed by atoms with Gasteiger partial charge >= 0.3 is 0 Å². The average molecular weight is 518 g/mol. The lowest BCUT2D eigenvalue weighted by Gasteiger charge is -2.34. The Hall–Kier alpha value is -2.94. The minimum atomic E-state index is -3.79. The van der Waals surface area contributed by atoms with E-state index in [0.29, 0.717) is 23.2 Å². The standard InChI is InChI=1S/C27H36FN3O4S/c1-4-24(27(33)29-23-11-6-5-7-12-23)30(18-21-14-16-22(28)17-15-21)26(32)19-31(36(3,34)35)25-13-9-8-10-20(25)2/h8-10,13-17,23-24H,4-7,11-12,18-19H2,1-3H3,(H,29,33)/t24-/m0/s1. The normalized spacial score (nSPS) is 15.2. The number of carbonyl (C=O) groups excluding carboxylic acids is 2. The summed E-state index contributed by atoms with van der Waals surface area (Å²) < 4.78 is 40.0. The lowest BCUT2D eigenvalue weighted by molar-refractivity contribution is -0.140. The van der Waals surface area contributed by atoms with Gasteiger partial charge in [0.05, 0.1) is 11.9 Å². The molecule has 36 heavy (non-hydrogen) atoms. The van der Waals surface area contributed by atoms with E-state index in [2.05, 4.69) is 5.32 Å². The second-order valence-corrected chi connectivity index (χ2v) is 11.4. The van der Waals surface area contributed by atoms with Crippen molar-refractivity contribution in [1.29, 1.82) is 0 Å². The van der Waals surface area contributed by atoms with Crippen LogP contribution in [0, 0.1) is 12.7 Å². The van der Waals surface area contributed by atoms with E-state index >= 15 is 0 Å². The molecule has 1 saturated carbocycles. The van der Waals surface area contributed by atoms with Crippen molar-refractivity contribution in [3.8, 4) is 0 Å². The first-order valence-electron chi connectivity index (χ1n) is 12.5. The Morgan fingerprint density at radius 3 is 2.28 bits per heavy atom. The van der Waals surface area contributed by atoms with Gasteiger partial charge in [0.15, 0.2) is 0 Å². The zero-order chi connectivity index (χ0) is 26.3. The quantitative estimate of drug-likeness (QED) is 0.513. The van der Waals surface area contributed by atoms with Gasteiger partial charge in [-0.2, -0.15) is 0 Å². The van der Waals surface area contributed by atoms with Crippen molar-refractivity contribution < 1.29 is 22.4 Å². The van der Waals surface area contributed by atoms with Crippen LogP contribution in [0.25, 0.3) is 0 Å². The van der Waals surface area contributed by atoms with Crippen LogP contribution in [-0.4, -0.2) is 50.0 Å². The number of hydrogen-bond donors (Lipinski definition) is 1. The van der Waals surface area contributed by atoms with Crippen molar-refractivity contribution in [3.63, 3.8) is 0 Å². The number of sulfonamides is 1. The summed E-state index contributed by atoms with van der Waals surface area (Å²) in [5, 5.41) is 3.10. The van der Waals surface area contributed by atoms with Crippen molar-refractivity contribution in [2.24, 2.45) is 0 Å². The largest absolute Gasteiger partial charge is 0.352 e. The fourth-order valence-corrected chi connectivity index (χ4v) is 5.60. The van der Waals surface area contributed by atoms with Gasteiger partial charge in [0.2, 0.25) is 21.8 Å². The molecule has 3 rings (SSSR count). The molecule has 0 aromatic heterocycles. The molecule has 196 valence electrons. The number of anilines is 1. The van der Waals surface area contributed by atoms with Crippen LogP contribution >= 0.6 is 0 Å². The second kappa shape index (κ2) is 12.3. The van der Waals surface area contributed by atoms with Gasteiger partial charge in [-0.25, -0.2) is 12.8 Å². The van der Waals surface area contributed by atoms with Crippen LogP contribution in [0.1, 0.15) is 56.6 Å². The first-order valence-corrected chi connectivity index (χ1v) is 14.3. The number of amides is 2. The number of benzene rings is 2. The molecule has 1 atom stereocenters. The third kappa shape index (κ3) is 7.29. The number of halogens is 1. The van der Waals surface area contributed by atoms with Crippen LogP contribution in [0.5, 0.6) is 0 Å². The van der Waals surface area contributed by atoms with E-state index in [1.165, 1.54) is 17.0 Å². The van der Waals surface area contributed by atoms with E-state index in [0.717, 1.165) is 42.7 Å². The molecule has 2 aromatic rings. The Balaban J connectivity index is 1.91. The fourth-order valence-electron chi connectivity index (χ4n) is 4.69. The maximum atomic E-state index is 13.7. The molecule has 2 aromatic carbocycles. The second-order valence-electron chi connectivity index (χ2n) is 9.47. The van der Waals surface area contributed by atoms with E-state index in [1.807, 2.05) is 6.92 Å². The van der Waals surface area contributed by atoms with Gasteiger partial charge in [0.25, 0.3) is 0 Å². The zero-order valence-electron chi connectivity index (χ0n) is 21.2. The average Bonchev–Trinajstić information content (AvgIpc) is 2.84. The molecule has 1 aliphatic carbocycles. The van der Waals surface area contributed by atoms with E-state index < -0.39 is 34.3 Å². The van der Waals surface area contributed by atoms with E-state index in [4.69, 9.17) is 0 Å². The fraction of sp³-hybridized carbons (Fsp3) is 0.481. The number of aryl methyl sites for hydroxylation is 1. The topological polar surface area (TPSA) is 86.8 Å². The Labute approximate surface area is 213 Å². The monoisotopic (exact) mass is 517 g/mol. The van der Waals surface area contributed by atoms with Gasteiger partial charge in [0.1, 0.15) is 18.4 Å². The van der Waals surface area contributed by atoms with Gasteiger partial charge in [-0.05, 0) is 55.5 Å². The number of nitrogens with one attached hydrogen (secondary N) is 1. The molecule has 0 radical (unpaired) electrons. The highest BCUT2D eigenvalue weighted by molar-refractivity contribution is 7.92. The molecular formula is C27H36FN3O4S. The third-order valence-corrected chi connectivity index (χ3v) is 7.79. The summed E-state index contributed by atoms with van der Waals surface area (Å²) in [6, 6.07) is 12.0. The van der Waals surface area contributed by atoms with Gasteiger partial charge in [-0.15, -0.1) is 0 Å². The first-order chi connectivity index (χ1) is 17.1.